The van der Waals surface area contributed by atoms with Crippen LogP contribution in [-0.4, -0.2) is 41.9 Å². The predicted octanol–water partition coefficient (Wildman–Crippen LogP) is 4.33. The van der Waals surface area contributed by atoms with Crippen LogP contribution in [0.3, 0.4) is 0 Å². The molecule has 1 atom stereocenters. The van der Waals surface area contributed by atoms with Crippen molar-refractivity contribution in [1.29, 1.82) is 0 Å². The highest BCUT2D eigenvalue weighted by Crippen LogP contribution is 2.35. The Labute approximate surface area is 198 Å². The number of piperidine rings is 1. The van der Waals surface area contributed by atoms with Crippen LogP contribution in [-0.2, 0) is 21.2 Å². The Morgan fingerprint density at radius 2 is 2.03 bits per heavy atom. The van der Waals surface area contributed by atoms with Gasteiger partial charge in [0.15, 0.2) is 0 Å². The molecule has 0 radical (unpaired) electrons. The number of aromatic nitrogens is 2. The zero-order valence-corrected chi connectivity index (χ0v) is 20.8. The molecule has 3 heterocycles. The van der Waals surface area contributed by atoms with Crippen molar-refractivity contribution in [3.63, 3.8) is 0 Å². The van der Waals surface area contributed by atoms with E-state index < -0.39 is 15.9 Å². The smallest absolute Gasteiger partial charge is 0.244 e. The molecule has 0 saturated carbocycles. The average Bonchev–Trinajstić information content (AvgIpc) is 3.43. The van der Waals surface area contributed by atoms with Gasteiger partial charge in [0.1, 0.15) is 0 Å². The Morgan fingerprint density at radius 3 is 2.73 bits per heavy atom. The van der Waals surface area contributed by atoms with Gasteiger partial charge in [-0.3, -0.25) is 4.79 Å². The highest BCUT2D eigenvalue weighted by atomic mass is 32.2. The van der Waals surface area contributed by atoms with Crippen LogP contribution in [0.25, 0.3) is 10.7 Å². The number of hydrogen-bond donors (Lipinski definition) is 1. The first-order valence-electron chi connectivity index (χ1n) is 11.0. The van der Waals surface area contributed by atoms with Crippen LogP contribution in [0.15, 0.2) is 33.7 Å². The number of carbonyl (C=O) groups excluding carboxylic acids is 1. The van der Waals surface area contributed by atoms with Crippen LogP contribution in [0.2, 0.25) is 0 Å². The third-order valence-electron chi connectivity index (χ3n) is 6.01. The van der Waals surface area contributed by atoms with Crippen LogP contribution in [0.5, 0.6) is 0 Å². The maximum absolute atomic E-state index is 13.5. The Morgan fingerprint density at radius 1 is 1.24 bits per heavy atom. The zero-order valence-electron chi connectivity index (χ0n) is 19.2. The minimum atomic E-state index is -3.75. The fourth-order valence-electron chi connectivity index (χ4n) is 3.91. The van der Waals surface area contributed by atoms with E-state index in [0.29, 0.717) is 47.3 Å². The lowest BCUT2D eigenvalue weighted by Gasteiger charge is -2.31. The number of hydrogen-bond acceptors (Lipinski definition) is 7. The van der Waals surface area contributed by atoms with Gasteiger partial charge in [-0.15, -0.1) is 11.3 Å². The van der Waals surface area contributed by atoms with Crippen LogP contribution in [0.1, 0.15) is 41.7 Å². The number of aryl methyl sites for hydroxylation is 4. The van der Waals surface area contributed by atoms with Gasteiger partial charge in [0.25, 0.3) is 0 Å². The first-order valence-corrected chi connectivity index (χ1v) is 13.3. The van der Waals surface area contributed by atoms with Crippen molar-refractivity contribution in [3.8, 4) is 10.7 Å². The van der Waals surface area contributed by atoms with E-state index in [1.165, 1.54) is 15.6 Å². The molecule has 176 valence electrons. The molecule has 0 unspecified atom stereocenters. The summed E-state index contributed by atoms with van der Waals surface area (Å²) in [7, 11) is -3.75. The van der Waals surface area contributed by atoms with Gasteiger partial charge in [-0.05, 0) is 62.9 Å². The molecule has 1 fully saturated rings. The largest absolute Gasteiger partial charge is 0.339 e. The van der Waals surface area contributed by atoms with Gasteiger partial charge in [0.2, 0.25) is 27.6 Å². The second-order valence-corrected chi connectivity index (χ2v) is 11.5. The van der Waals surface area contributed by atoms with Gasteiger partial charge in [-0.25, -0.2) is 8.42 Å². The lowest BCUT2D eigenvalue weighted by molar-refractivity contribution is -0.120. The fraction of sp³-hybridized carbons (Fsp3) is 0.435. The number of nitrogens with one attached hydrogen (secondary N) is 1. The molecular weight excluding hydrogens is 460 g/mol. The lowest BCUT2D eigenvalue weighted by Crippen LogP contribution is -2.43. The summed E-state index contributed by atoms with van der Waals surface area (Å²) < 4.78 is 33.5. The molecule has 1 saturated heterocycles. The predicted molar refractivity (Wildman–Crippen MR) is 128 cm³/mol. The summed E-state index contributed by atoms with van der Waals surface area (Å²) in [5.74, 6) is 0.345. The SMILES string of the molecule is CCc1nc(-c2cc(S(=O)(=O)N3CCC[C@H](C(=O)Nc4ccc(C)c(C)c4)C3)c(C)s2)no1. The van der Waals surface area contributed by atoms with Gasteiger partial charge in [0, 0.05) is 30.1 Å². The molecule has 10 heteroatoms. The molecule has 3 aromatic rings. The molecule has 4 rings (SSSR count). The van der Waals surface area contributed by atoms with E-state index in [1.54, 1.807) is 13.0 Å². The Bertz CT molecular complexity index is 1280. The van der Waals surface area contributed by atoms with Crippen molar-refractivity contribution in [2.75, 3.05) is 18.4 Å². The number of rotatable bonds is 6. The zero-order chi connectivity index (χ0) is 23.8. The van der Waals surface area contributed by atoms with Crippen molar-refractivity contribution in [2.24, 2.45) is 5.92 Å². The van der Waals surface area contributed by atoms with Gasteiger partial charge >= 0.3 is 0 Å². The third-order valence-corrected chi connectivity index (χ3v) is 9.18. The fourth-order valence-corrected chi connectivity index (χ4v) is 6.92. The second-order valence-electron chi connectivity index (χ2n) is 8.39. The summed E-state index contributed by atoms with van der Waals surface area (Å²) in [4.78, 5) is 18.8. The van der Waals surface area contributed by atoms with E-state index in [-0.39, 0.29) is 17.3 Å². The van der Waals surface area contributed by atoms with Gasteiger partial charge in [0.05, 0.1) is 15.7 Å². The van der Waals surface area contributed by atoms with E-state index in [9.17, 15) is 13.2 Å². The highest BCUT2D eigenvalue weighted by Gasteiger charge is 2.35. The summed E-state index contributed by atoms with van der Waals surface area (Å²) in [5, 5.41) is 6.91. The minimum Gasteiger partial charge on any atom is -0.339 e. The monoisotopic (exact) mass is 488 g/mol. The number of benzene rings is 1. The van der Waals surface area contributed by atoms with Crippen LogP contribution in [0, 0.1) is 26.7 Å². The molecule has 1 amide bonds. The van der Waals surface area contributed by atoms with Crippen LogP contribution in [0.4, 0.5) is 5.69 Å². The molecule has 1 N–H and O–H groups in total. The maximum atomic E-state index is 13.5. The van der Waals surface area contributed by atoms with Crippen molar-refractivity contribution in [3.05, 3.63) is 46.2 Å². The quantitative estimate of drug-likeness (QED) is 0.554. The lowest BCUT2D eigenvalue weighted by atomic mass is 9.98. The Hall–Kier alpha value is -2.56. The molecule has 8 nitrogen and oxygen atoms in total. The molecule has 2 aromatic heterocycles. The molecule has 1 aliphatic rings. The van der Waals surface area contributed by atoms with E-state index in [0.717, 1.165) is 16.8 Å². The van der Waals surface area contributed by atoms with Crippen molar-refractivity contribution in [2.45, 2.75) is 51.9 Å². The van der Waals surface area contributed by atoms with Crippen molar-refractivity contribution in [1.82, 2.24) is 14.4 Å². The molecule has 0 aliphatic carbocycles. The molecule has 1 aromatic carbocycles. The van der Waals surface area contributed by atoms with Crippen molar-refractivity contribution < 1.29 is 17.7 Å². The van der Waals surface area contributed by atoms with Crippen molar-refractivity contribution >= 4 is 33.0 Å². The van der Waals surface area contributed by atoms with E-state index in [1.807, 2.05) is 39.0 Å². The Kier molecular flexibility index (Phi) is 6.69. The summed E-state index contributed by atoms with van der Waals surface area (Å²) >= 11 is 1.32. The summed E-state index contributed by atoms with van der Waals surface area (Å²) in [6.45, 7) is 8.25. The van der Waals surface area contributed by atoms with Gasteiger partial charge in [-0.1, -0.05) is 18.1 Å². The standard InChI is InChI=1S/C23H28N4O4S2/c1-5-21-25-22(26-31-21)19-12-20(16(4)32-19)33(29,30)27-10-6-7-17(13-27)23(28)24-18-9-8-14(2)15(3)11-18/h8-9,11-12,17H,5-7,10,13H2,1-4H3,(H,24,28)/t17-/m0/s1. The second kappa shape index (κ2) is 9.36. The summed E-state index contributed by atoms with van der Waals surface area (Å²) in [5.41, 5.74) is 2.98. The topological polar surface area (TPSA) is 105 Å². The number of carbonyl (C=O) groups is 1. The highest BCUT2D eigenvalue weighted by molar-refractivity contribution is 7.89. The van der Waals surface area contributed by atoms with Gasteiger partial charge < -0.3 is 9.84 Å². The Balaban J connectivity index is 1.51. The number of thiophene rings is 1. The van der Waals surface area contributed by atoms with Crippen LogP contribution >= 0.6 is 11.3 Å². The molecule has 0 bridgehead atoms. The first kappa shape index (κ1) is 23.6. The first-order chi connectivity index (χ1) is 15.7. The molecule has 1 aliphatic heterocycles. The maximum Gasteiger partial charge on any atom is 0.244 e. The van der Waals surface area contributed by atoms with Gasteiger partial charge in [-0.2, -0.15) is 9.29 Å². The number of nitrogens with zero attached hydrogens (tertiary/aromatic N) is 3. The summed E-state index contributed by atoms with van der Waals surface area (Å²) in [6, 6.07) is 7.38. The molecule has 33 heavy (non-hydrogen) atoms. The average molecular weight is 489 g/mol. The van der Waals surface area contributed by atoms with E-state index in [2.05, 4.69) is 15.5 Å². The van der Waals surface area contributed by atoms with E-state index in [4.69, 9.17) is 4.52 Å². The summed E-state index contributed by atoms with van der Waals surface area (Å²) in [6.07, 6.45) is 1.89. The number of amides is 1. The third kappa shape index (κ3) is 4.87. The van der Waals surface area contributed by atoms with Crippen LogP contribution < -0.4 is 5.32 Å². The molecular formula is C23H28N4O4S2. The minimum absolute atomic E-state index is 0.153. The number of anilines is 1. The normalized spacial score (nSPS) is 17.3. The van der Waals surface area contributed by atoms with E-state index >= 15 is 0 Å². The molecule has 0 spiro atoms. The number of sulfonamides is 1.